The molecule has 4 heterocycles. The van der Waals surface area contributed by atoms with Gasteiger partial charge in [0.15, 0.2) is 6.54 Å². The van der Waals surface area contributed by atoms with Gasteiger partial charge in [-0.25, -0.2) is 4.98 Å². The molecule has 0 radical (unpaired) electrons. The summed E-state index contributed by atoms with van der Waals surface area (Å²) in [7, 11) is 0. The molecule has 2 bridgehead atoms. The Kier molecular flexibility index (Phi) is 7.65. The number of halogens is 3. The molecule has 3 aliphatic heterocycles. The van der Waals surface area contributed by atoms with Gasteiger partial charge in [-0.1, -0.05) is 72.8 Å². The third-order valence-electron chi connectivity index (χ3n) is 10.1. The minimum absolute atomic E-state index is 0.109. The number of aromatic nitrogens is 1. The Hall–Kier alpha value is -4.53. The van der Waals surface area contributed by atoms with Crippen LogP contribution in [0.25, 0.3) is 32.9 Å². The smallest absolute Gasteiger partial charge is 0.382 e. The number of aliphatic hydroxyl groups excluding tert-OH is 1. The van der Waals surface area contributed by atoms with Gasteiger partial charge in [0.05, 0.1) is 29.9 Å². The van der Waals surface area contributed by atoms with Gasteiger partial charge in [0.2, 0.25) is 0 Å². The summed E-state index contributed by atoms with van der Waals surface area (Å²) in [5, 5.41) is 18.3. The summed E-state index contributed by atoms with van der Waals surface area (Å²) in [6, 6.07) is 27.8. The lowest BCUT2D eigenvalue weighted by Gasteiger charge is -2.57. The quantitative estimate of drug-likeness (QED) is 0.142. The van der Waals surface area contributed by atoms with Crippen molar-refractivity contribution >= 4 is 33.3 Å². The first kappa shape index (κ1) is 30.1. The second kappa shape index (κ2) is 11.7. The Morgan fingerprint density at radius 3 is 2.48 bits per heavy atom. The molecule has 3 fully saturated rings. The first-order valence-corrected chi connectivity index (χ1v) is 15.7. The maximum absolute atomic E-state index is 13.8. The lowest BCUT2D eigenvalue weighted by molar-refractivity contribution is -0.966. The van der Waals surface area contributed by atoms with Crippen molar-refractivity contribution in [3.8, 4) is 11.3 Å². The third-order valence-corrected chi connectivity index (χ3v) is 10.1. The SMILES string of the molecule is C=C[C@H]1C[N@+]2(CC(=O)Nc3cccc4ccccc34)CC[C@H]1C[C@@H]2[C@@H](O)c1cc(-c2ccc(C(F)(F)F)cc2)nc2ccccc12. The summed E-state index contributed by atoms with van der Waals surface area (Å²) in [5.74, 6) is 0.474. The van der Waals surface area contributed by atoms with Gasteiger partial charge in [0.25, 0.3) is 5.91 Å². The van der Waals surface area contributed by atoms with E-state index < -0.39 is 17.8 Å². The van der Waals surface area contributed by atoms with Crippen LogP contribution in [0, 0.1) is 11.8 Å². The molecule has 5 atom stereocenters. The highest BCUT2D eigenvalue weighted by Gasteiger charge is 2.55. The molecular weight excluding hydrogens is 587 g/mol. The number of pyridine rings is 1. The topological polar surface area (TPSA) is 62.2 Å². The van der Waals surface area contributed by atoms with Crippen LogP contribution in [-0.2, 0) is 11.0 Å². The molecule has 1 amide bonds. The first-order valence-electron chi connectivity index (χ1n) is 15.7. The van der Waals surface area contributed by atoms with Crippen molar-refractivity contribution in [2.45, 2.75) is 31.2 Å². The molecule has 0 unspecified atom stereocenters. The van der Waals surface area contributed by atoms with Crippen LogP contribution in [0.3, 0.4) is 0 Å². The van der Waals surface area contributed by atoms with E-state index in [0.29, 0.717) is 39.3 Å². The van der Waals surface area contributed by atoms with Crippen molar-refractivity contribution in [3.05, 3.63) is 121 Å². The molecule has 3 aliphatic rings. The average Bonchev–Trinajstić information content (AvgIpc) is 3.07. The minimum Gasteiger partial charge on any atom is -0.382 e. The normalized spacial score (nSPS) is 23.3. The number of rotatable bonds is 7. The fourth-order valence-electron chi connectivity index (χ4n) is 7.82. The van der Waals surface area contributed by atoms with Gasteiger partial charge in [0, 0.05) is 40.8 Å². The van der Waals surface area contributed by atoms with Gasteiger partial charge in [-0.05, 0) is 47.2 Å². The number of anilines is 1. The number of amides is 1. The van der Waals surface area contributed by atoms with Gasteiger partial charge < -0.3 is 14.9 Å². The van der Waals surface area contributed by atoms with E-state index in [2.05, 4.69) is 11.9 Å². The Morgan fingerprint density at radius 2 is 1.72 bits per heavy atom. The number of nitrogens with zero attached hydrogens (tertiary/aromatic N) is 2. The molecule has 4 aromatic carbocycles. The molecule has 1 aromatic heterocycles. The predicted molar refractivity (Wildman–Crippen MR) is 175 cm³/mol. The van der Waals surface area contributed by atoms with Crippen molar-refractivity contribution in [3.63, 3.8) is 0 Å². The van der Waals surface area contributed by atoms with Gasteiger partial charge in [0.1, 0.15) is 12.1 Å². The highest BCUT2D eigenvalue weighted by atomic mass is 19.4. The van der Waals surface area contributed by atoms with E-state index in [9.17, 15) is 23.1 Å². The van der Waals surface area contributed by atoms with Crippen LogP contribution in [-0.4, -0.2) is 46.2 Å². The zero-order chi connectivity index (χ0) is 32.1. The number of hydrogen-bond donors (Lipinski definition) is 2. The van der Waals surface area contributed by atoms with Crippen LogP contribution in [0.15, 0.2) is 110 Å². The number of carbonyl (C=O) groups is 1. The molecule has 5 nitrogen and oxygen atoms in total. The molecular formula is C38H35F3N3O2+. The number of fused-ring (bicyclic) bond motifs is 5. The van der Waals surface area contributed by atoms with Crippen molar-refractivity contribution in [2.75, 3.05) is 25.0 Å². The molecule has 8 rings (SSSR count). The number of quaternary nitrogens is 1. The van der Waals surface area contributed by atoms with Crippen molar-refractivity contribution < 1.29 is 27.6 Å². The highest BCUT2D eigenvalue weighted by Crippen LogP contribution is 2.47. The molecule has 0 spiro atoms. The summed E-state index contributed by atoms with van der Waals surface area (Å²) in [6.45, 7) is 5.76. The average molecular weight is 623 g/mol. The maximum Gasteiger partial charge on any atom is 0.416 e. The summed E-state index contributed by atoms with van der Waals surface area (Å²) in [4.78, 5) is 18.6. The number of nitrogens with one attached hydrogen (secondary N) is 1. The Bertz CT molecular complexity index is 1940. The van der Waals surface area contributed by atoms with Gasteiger partial charge >= 0.3 is 6.18 Å². The van der Waals surface area contributed by atoms with Crippen LogP contribution >= 0.6 is 0 Å². The van der Waals surface area contributed by atoms with E-state index in [1.807, 2.05) is 72.8 Å². The number of benzene rings is 4. The molecule has 5 aromatic rings. The monoisotopic (exact) mass is 622 g/mol. The fraction of sp³-hybridized carbons (Fsp3) is 0.263. The Labute approximate surface area is 265 Å². The lowest BCUT2D eigenvalue weighted by atomic mass is 9.71. The molecule has 234 valence electrons. The second-order valence-electron chi connectivity index (χ2n) is 12.7. The fourth-order valence-corrected chi connectivity index (χ4v) is 7.82. The molecule has 2 N–H and O–H groups in total. The van der Waals surface area contributed by atoms with E-state index >= 15 is 0 Å². The van der Waals surface area contributed by atoms with Crippen molar-refractivity contribution in [2.24, 2.45) is 11.8 Å². The zero-order valence-electron chi connectivity index (χ0n) is 25.3. The van der Waals surface area contributed by atoms with E-state index in [1.54, 1.807) is 6.07 Å². The van der Waals surface area contributed by atoms with E-state index in [1.165, 1.54) is 12.1 Å². The first-order chi connectivity index (χ1) is 22.1. The number of carbonyl (C=O) groups excluding carboxylic acids is 1. The number of piperidine rings is 3. The Morgan fingerprint density at radius 1 is 1.00 bits per heavy atom. The third kappa shape index (κ3) is 5.46. The zero-order valence-corrected chi connectivity index (χ0v) is 25.3. The molecule has 0 aliphatic carbocycles. The van der Waals surface area contributed by atoms with Crippen molar-refractivity contribution in [1.29, 1.82) is 0 Å². The van der Waals surface area contributed by atoms with Gasteiger partial charge in [-0.2, -0.15) is 13.2 Å². The molecule has 8 heteroatoms. The van der Waals surface area contributed by atoms with Gasteiger partial charge in [-0.3, -0.25) is 4.79 Å². The maximum atomic E-state index is 13.8. The number of hydrogen-bond acceptors (Lipinski definition) is 3. The standard InChI is InChI=1S/C38H34F3N3O2/c1-2-24-22-44(23-36(45)43-32-13-7-9-25-8-3-4-10-29(25)32)19-18-27(24)20-35(44)37(46)31-21-34(42-33-12-6-5-11-30(31)33)26-14-16-28(17-15-26)38(39,40)41/h2-17,21,24,27,35,37,46H,1,18-20,22-23H2/p+1/t24-,27-,35+,37-,44-/m0/s1. The molecule has 3 saturated heterocycles. The van der Waals surface area contributed by atoms with Crippen LogP contribution in [0.4, 0.5) is 18.9 Å². The second-order valence-corrected chi connectivity index (χ2v) is 12.7. The van der Waals surface area contributed by atoms with Crippen LogP contribution in [0.5, 0.6) is 0 Å². The summed E-state index contributed by atoms with van der Waals surface area (Å²) in [6.07, 6.45) is -1.71. The molecule has 46 heavy (non-hydrogen) atoms. The van der Waals surface area contributed by atoms with E-state index in [0.717, 1.165) is 53.4 Å². The summed E-state index contributed by atoms with van der Waals surface area (Å²) in [5.41, 5.74) is 2.36. The van der Waals surface area contributed by atoms with E-state index in [-0.39, 0.29) is 24.4 Å². The number of alkyl halides is 3. The Balaban J connectivity index is 1.25. The van der Waals surface area contributed by atoms with Crippen LogP contribution in [0.1, 0.15) is 30.1 Å². The van der Waals surface area contributed by atoms with Gasteiger partial charge in [-0.15, -0.1) is 6.58 Å². The van der Waals surface area contributed by atoms with Crippen LogP contribution in [0.2, 0.25) is 0 Å². The number of aliphatic hydroxyl groups is 1. The molecule has 0 saturated carbocycles. The summed E-state index contributed by atoms with van der Waals surface area (Å²) < 4.78 is 40.2. The largest absolute Gasteiger partial charge is 0.416 e. The van der Waals surface area contributed by atoms with Crippen LogP contribution < -0.4 is 5.32 Å². The summed E-state index contributed by atoms with van der Waals surface area (Å²) >= 11 is 0. The lowest BCUT2D eigenvalue weighted by Crippen LogP contribution is -2.69. The highest BCUT2D eigenvalue weighted by molar-refractivity contribution is 6.02. The van der Waals surface area contributed by atoms with Crippen molar-refractivity contribution in [1.82, 2.24) is 4.98 Å². The minimum atomic E-state index is -4.44. The number of para-hydroxylation sites is 1. The van der Waals surface area contributed by atoms with E-state index in [4.69, 9.17) is 4.98 Å². The predicted octanol–water partition coefficient (Wildman–Crippen LogP) is 8.16.